The molecule has 0 bridgehead atoms. The molecule has 0 saturated carbocycles. The molecule has 1 heterocycles. The summed E-state index contributed by atoms with van der Waals surface area (Å²) in [5.41, 5.74) is 1.54. The van der Waals surface area contributed by atoms with Crippen molar-refractivity contribution in [2.24, 2.45) is 0 Å². The summed E-state index contributed by atoms with van der Waals surface area (Å²) in [7, 11) is -3.97. The highest BCUT2D eigenvalue weighted by molar-refractivity contribution is 7.93. The van der Waals surface area contributed by atoms with Crippen LogP contribution in [0.2, 0.25) is 0 Å². The van der Waals surface area contributed by atoms with Gasteiger partial charge in [0.2, 0.25) is 5.91 Å². The Kier molecular flexibility index (Phi) is 4.00. The Bertz CT molecular complexity index is 1120. The number of carbonyl (C=O) groups is 1. The smallest absolute Gasteiger partial charge is 0.243 e. The Hall–Kier alpha value is -2.73. The lowest BCUT2D eigenvalue weighted by atomic mass is 10.1. The summed E-state index contributed by atoms with van der Waals surface area (Å²) in [6.07, 6.45) is 0.648. The summed E-state index contributed by atoms with van der Waals surface area (Å²) in [6, 6.07) is 16.1. The number of aryl methyl sites for hydroxylation is 1. The van der Waals surface area contributed by atoms with Crippen LogP contribution in [0.25, 0.3) is 10.8 Å². The second-order valence-corrected chi connectivity index (χ2v) is 8.41. The molecule has 1 unspecified atom stereocenters. The van der Waals surface area contributed by atoms with Gasteiger partial charge < -0.3 is 5.32 Å². The minimum atomic E-state index is -3.97. The van der Waals surface area contributed by atoms with E-state index in [-0.39, 0.29) is 16.7 Å². The fraction of sp³-hybridized carbons (Fsp3) is 0.150. The lowest BCUT2D eigenvalue weighted by molar-refractivity contribution is -0.115. The van der Waals surface area contributed by atoms with Crippen LogP contribution in [0, 0.1) is 5.82 Å². The minimum absolute atomic E-state index is 0.0133. The van der Waals surface area contributed by atoms with Crippen LogP contribution < -0.4 is 5.32 Å². The van der Waals surface area contributed by atoms with Gasteiger partial charge in [0.15, 0.2) is 9.84 Å². The molecular formula is C20H16FNO3S. The van der Waals surface area contributed by atoms with Crippen molar-refractivity contribution < 1.29 is 17.6 Å². The first-order valence-corrected chi connectivity index (χ1v) is 9.83. The zero-order valence-electron chi connectivity index (χ0n) is 13.8. The molecule has 1 N–H and O–H groups in total. The van der Waals surface area contributed by atoms with Gasteiger partial charge in [-0.1, -0.05) is 42.5 Å². The average Bonchev–Trinajstić information content (AvgIpc) is 2.80. The van der Waals surface area contributed by atoms with Gasteiger partial charge in [-0.2, -0.15) is 0 Å². The van der Waals surface area contributed by atoms with Gasteiger partial charge in [-0.3, -0.25) is 4.79 Å². The summed E-state index contributed by atoms with van der Waals surface area (Å²) >= 11 is 0. The first kappa shape index (κ1) is 16.7. The van der Waals surface area contributed by atoms with E-state index in [9.17, 15) is 17.6 Å². The van der Waals surface area contributed by atoms with Crippen LogP contribution >= 0.6 is 0 Å². The number of sulfone groups is 1. The van der Waals surface area contributed by atoms with Crippen molar-refractivity contribution in [1.82, 2.24) is 0 Å². The molecule has 1 amide bonds. The zero-order chi connectivity index (χ0) is 18.3. The molecule has 0 radical (unpaired) electrons. The number of benzene rings is 3. The van der Waals surface area contributed by atoms with Gasteiger partial charge in [0.1, 0.15) is 11.1 Å². The minimum Gasteiger partial charge on any atom is -0.325 e. The fourth-order valence-corrected chi connectivity index (χ4v) is 5.24. The molecule has 3 aromatic rings. The quantitative estimate of drug-likeness (QED) is 0.701. The molecule has 0 aromatic heterocycles. The Morgan fingerprint density at radius 2 is 1.62 bits per heavy atom. The summed E-state index contributed by atoms with van der Waals surface area (Å²) in [5.74, 6) is -1.04. The zero-order valence-corrected chi connectivity index (χ0v) is 14.6. The molecule has 132 valence electrons. The van der Waals surface area contributed by atoms with E-state index in [1.54, 1.807) is 30.3 Å². The molecule has 26 heavy (non-hydrogen) atoms. The van der Waals surface area contributed by atoms with E-state index in [0.29, 0.717) is 17.5 Å². The molecule has 0 saturated heterocycles. The molecule has 6 heteroatoms. The Labute approximate surface area is 150 Å². The number of nitrogens with one attached hydrogen (secondary N) is 1. The lowest BCUT2D eigenvalue weighted by Gasteiger charge is -2.16. The van der Waals surface area contributed by atoms with Crippen LogP contribution in [-0.4, -0.2) is 19.6 Å². The van der Waals surface area contributed by atoms with E-state index in [1.165, 1.54) is 12.1 Å². The maximum absolute atomic E-state index is 14.0. The summed E-state index contributed by atoms with van der Waals surface area (Å²) in [6.45, 7) is 0. The van der Waals surface area contributed by atoms with Crippen molar-refractivity contribution in [3.05, 3.63) is 72.0 Å². The molecule has 1 aliphatic rings. The fourth-order valence-electron chi connectivity index (χ4n) is 3.42. The molecule has 0 fully saturated rings. The Morgan fingerprint density at radius 1 is 0.923 bits per heavy atom. The lowest BCUT2D eigenvalue weighted by Crippen LogP contribution is -2.34. The van der Waals surface area contributed by atoms with Crippen LogP contribution in [0.5, 0.6) is 0 Å². The third kappa shape index (κ3) is 2.66. The summed E-state index contributed by atoms with van der Waals surface area (Å²) in [5, 5.41) is 2.02. The summed E-state index contributed by atoms with van der Waals surface area (Å²) < 4.78 is 40.5. The number of amides is 1. The van der Waals surface area contributed by atoms with E-state index >= 15 is 0 Å². The predicted molar refractivity (Wildman–Crippen MR) is 98.3 cm³/mol. The topological polar surface area (TPSA) is 63.2 Å². The van der Waals surface area contributed by atoms with Gasteiger partial charge >= 0.3 is 0 Å². The van der Waals surface area contributed by atoms with Gasteiger partial charge in [0.05, 0.1) is 4.90 Å². The van der Waals surface area contributed by atoms with E-state index in [1.807, 2.05) is 12.1 Å². The van der Waals surface area contributed by atoms with Crippen molar-refractivity contribution >= 4 is 32.2 Å². The Morgan fingerprint density at radius 3 is 2.42 bits per heavy atom. The first-order chi connectivity index (χ1) is 12.5. The van der Waals surface area contributed by atoms with Crippen LogP contribution in [0.4, 0.5) is 10.1 Å². The SMILES string of the molecule is O=C1Nc2ccccc2CCC1S(=O)(=O)c1ccc(F)c2ccccc12. The van der Waals surface area contributed by atoms with Gasteiger partial charge in [-0.05, 0) is 36.6 Å². The van der Waals surface area contributed by atoms with E-state index < -0.39 is 26.8 Å². The maximum Gasteiger partial charge on any atom is 0.243 e. The van der Waals surface area contributed by atoms with E-state index in [2.05, 4.69) is 5.32 Å². The normalized spacial score (nSPS) is 17.4. The second kappa shape index (κ2) is 6.21. The molecule has 4 nitrogen and oxygen atoms in total. The highest BCUT2D eigenvalue weighted by Crippen LogP contribution is 2.32. The highest BCUT2D eigenvalue weighted by Gasteiger charge is 2.36. The average molecular weight is 369 g/mol. The van der Waals surface area contributed by atoms with Gasteiger partial charge in [-0.15, -0.1) is 0 Å². The monoisotopic (exact) mass is 369 g/mol. The first-order valence-electron chi connectivity index (χ1n) is 8.28. The van der Waals surface area contributed by atoms with E-state index in [0.717, 1.165) is 11.6 Å². The number of halogens is 1. The maximum atomic E-state index is 14.0. The van der Waals surface area contributed by atoms with Crippen LogP contribution in [0.1, 0.15) is 12.0 Å². The summed E-state index contributed by atoms with van der Waals surface area (Å²) in [4.78, 5) is 12.6. The van der Waals surface area contributed by atoms with Gasteiger partial charge in [0.25, 0.3) is 0 Å². The largest absolute Gasteiger partial charge is 0.325 e. The molecule has 0 aliphatic carbocycles. The Balaban J connectivity index is 1.81. The second-order valence-electron chi connectivity index (χ2n) is 6.31. The number of fused-ring (bicyclic) bond motifs is 2. The van der Waals surface area contributed by atoms with Crippen molar-refractivity contribution in [3.63, 3.8) is 0 Å². The van der Waals surface area contributed by atoms with Crippen LogP contribution in [-0.2, 0) is 21.1 Å². The molecule has 4 rings (SSSR count). The van der Waals surface area contributed by atoms with Crippen LogP contribution in [0.3, 0.4) is 0 Å². The van der Waals surface area contributed by atoms with Crippen molar-refractivity contribution in [2.75, 3.05) is 5.32 Å². The molecule has 1 aliphatic heterocycles. The number of hydrogen-bond acceptors (Lipinski definition) is 3. The standard InChI is InChI=1S/C20H16FNO3S/c21-16-10-12-18(15-7-3-2-6-14(15)16)26(24,25)19-11-9-13-5-1-4-8-17(13)22-20(19)23/h1-8,10,12,19H,9,11H2,(H,22,23). The molecular weight excluding hydrogens is 353 g/mol. The van der Waals surface area contributed by atoms with Crippen molar-refractivity contribution in [2.45, 2.75) is 23.0 Å². The van der Waals surface area contributed by atoms with E-state index in [4.69, 9.17) is 0 Å². The number of para-hydroxylation sites is 1. The molecule has 1 atom stereocenters. The van der Waals surface area contributed by atoms with Crippen LogP contribution in [0.15, 0.2) is 65.6 Å². The van der Waals surface area contributed by atoms with Gasteiger partial charge in [0, 0.05) is 16.5 Å². The third-order valence-corrected chi connectivity index (χ3v) is 6.92. The number of hydrogen-bond donors (Lipinski definition) is 1. The third-order valence-electron chi connectivity index (χ3n) is 4.76. The molecule has 3 aromatic carbocycles. The van der Waals surface area contributed by atoms with Crippen molar-refractivity contribution in [3.8, 4) is 0 Å². The number of anilines is 1. The number of carbonyl (C=O) groups excluding carboxylic acids is 1. The molecule has 0 spiro atoms. The highest BCUT2D eigenvalue weighted by atomic mass is 32.2. The number of rotatable bonds is 2. The van der Waals surface area contributed by atoms with Gasteiger partial charge in [-0.25, -0.2) is 12.8 Å². The van der Waals surface area contributed by atoms with Crippen molar-refractivity contribution in [1.29, 1.82) is 0 Å². The predicted octanol–water partition coefficient (Wildman–Crippen LogP) is 3.71.